The molecule has 3 rings (SSSR count). The highest BCUT2D eigenvalue weighted by Gasteiger charge is 2.52. The first kappa shape index (κ1) is 18.4. The molecule has 0 saturated carbocycles. The number of halogens is 3. The van der Waals surface area contributed by atoms with Crippen LogP contribution in [0.15, 0.2) is 18.2 Å². The lowest BCUT2D eigenvalue weighted by Gasteiger charge is -2.32. The van der Waals surface area contributed by atoms with Crippen LogP contribution in [-0.4, -0.2) is 37.8 Å². The highest BCUT2D eigenvalue weighted by atomic mass is 19.4. The summed E-state index contributed by atoms with van der Waals surface area (Å²) in [6, 6.07) is 4.35. The van der Waals surface area contributed by atoms with E-state index in [1.165, 1.54) is 12.1 Å². The molecule has 2 aliphatic rings. The quantitative estimate of drug-likeness (QED) is 0.775. The minimum absolute atomic E-state index is 0.227. The van der Waals surface area contributed by atoms with Gasteiger partial charge in [-0.3, -0.25) is 0 Å². The van der Waals surface area contributed by atoms with Gasteiger partial charge in [0.05, 0.1) is 11.2 Å². The fourth-order valence-corrected chi connectivity index (χ4v) is 3.12. The largest absolute Gasteiger partial charge is 0.573 e. The van der Waals surface area contributed by atoms with Crippen LogP contribution in [0.5, 0.6) is 5.75 Å². The molecule has 0 radical (unpaired) electrons. The number of benzene rings is 1. The molecule has 4 nitrogen and oxygen atoms in total. The van der Waals surface area contributed by atoms with Crippen molar-refractivity contribution in [1.82, 2.24) is 0 Å². The molecule has 2 fully saturated rings. The van der Waals surface area contributed by atoms with E-state index in [1.807, 2.05) is 27.7 Å². The zero-order chi connectivity index (χ0) is 18.5. The number of rotatable bonds is 3. The van der Waals surface area contributed by atoms with Crippen molar-refractivity contribution < 1.29 is 27.2 Å². The van der Waals surface area contributed by atoms with E-state index in [2.05, 4.69) is 9.64 Å². The Hall–Kier alpha value is -1.41. The van der Waals surface area contributed by atoms with Crippen molar-refractivity contribution in [3.63, 3.8) is 0 Å². The number of nitrogens with zero attached hydrogens (tertiary/aromatic N) is 1. The minimum atomic E-state index is -4.71. The summed E-state index contributed by atoms with van der Waals surface area (Å²) in [6.45, 7) is 9.38. The minimum Gasteiger partial charge on any atom is -0.406 e. The van der Waals surface area contributed by atoms with Crippen molar-refractivity contribution >= 4 is 18.3 Å². The van der Waals surface area contributed by atoms with Crippen LogP contribution < -0.4 is 15.1 Å². The molecule has 0 N–H and O–H groups in total. The van der Waals surface area contributed by atoms with E-state index >= 15 is 0 Å². The maximum Gasteiger partial charge on any atom is 0.573 e. The molecule has 2 aliphatic heterocycles. The highest BCUT2D eigenvalue weighted by Crippen LogP contribution is 2.38. The third-order valence-electron chi connectivity index (χ3n) is 5.19. The molecule has 2 heterocycles. The predicted octanol–water partition coefficient (Wildman–Crippen LogP) is 3.48. The first-order valence-electron chi connectivity index (χ1n) is 8.49. The van der Waals surface area contributed by atoms with Gasteiger partial charge in [-0.15, -0.1) is 13.2 Å². The van der Waals surface area contributed by atoms with Crippen molar-refractivity contribution in [2.24, 2.45) is 0 Å². The summed E-state index contributed by atoms with van der Waals surface area (Å²) in [7, 11) is -0.625. The van der Waals surface area contributed by atoms with Gasteiger partial charge in [0.2, 0.25) is 0 Å². The lowest BCUT2D eigenvalue weighted by molar-refractivity contribution is -0.274. The van der Waals surface area contributed by atoms with E-state index in [0.29, 0.717) is 5.69 Å². The monoisotopic (exact) mass is 357 g/mol. The van der Waals surface area contributed by atoms with Crippen LogP contribution >= 0.6 is 0 Å². The average molecular weight is 357 g/mol. The molecule has 0 bridgehead atoms. The molecule has 0 unspecified atom stereocenters. The van der Waals surface area contributed by atoms with Gasteiger partial charge in [-0.25, -0.2) is 0 Å². The van der Waals surface area contributed by atoms with Gasteiger partial charge in [-0.2, -0.15) is 0 Å². The summed E-state index contributed by atoms with van der Waals surface area (Å²) in [5, 5.41) is 0. The second-order valence-electron chi connectivity index (χ2n) is 7.55. The Balaban J connectivity index is 1.96. The maximum atomic E-state index is 12.6. The summed E-state index contributed by atoms with van der Waals surface area (Å²) < 4.78 is 54.0. The molecule has 0 spiro atoms. The molecule has 2 saturated heterocycles. The SMILES string of the molecule is CC1(C)OB(c2ccc(OC(F)(F)F)cc2N2CCCC2)OC1(C)C. The Morgan fingerprint density at radius 2 is 1.60 bits per heavy atom. The summed E-state index contributed by atoms with van der Waals surface area (Å²) >= 11 is 0. The highest BCUT2D eigenvalue weighted by molar-refractivity contribution is 6.64. The topological polar surface area (TPSA) is 30.9 Å². The molecule has 138 valence electrons. The maximum absolute atomic E-state index is 12.6. The van der Waals surface area contributed by atoms with Crippen LogP contribution in [0.3, 0.4) is 0 Å². The second-order valence-corrected chi connectivity index (χ2v) is 7.55. The van der Waals surface area contributed by atoms with Gasteiger partial charge in [-0.1, -0.05) is 6.07 Å². The number of hydrogen-bond donors (Lipinski definition) is 0. The van der Waals surface area contributed by atoms with E-state index in [9.17, 15) is 13.2 Å². The van der Waals surface area contributed by atoms with Gasteiger partial charge in [-0.05, 0) is 46.6 Å². The van der Waals surface area contributed by atoms with E-state index < -0.39 is 24.7 Å². The van der Waals surface area contributed by atoms with Gasteiger partial charge >= 0.3 is 13.5 Å². The third-order valence-corrected chi connectivity index (χ3v) is 5.19. The number of ether oxygens (including phenoxy) is 1. The Bertz CT molecular complexity index is 627. The summed E-state index contributed by atoms with van der Waals surface area (Å²) in [5.41, 5.74) is 0.384. The Morgan fingerprint density at radius 1 is 1.04 bits per heavy atom. The molecule has 8 heteroatoms. The average Bonchev–Trinajstić information content (AvgIpc) is 3.04. The third kappa shape index (κ3) is 3.74. The van der Waals surface area contributed by atoms with Crippen molar-refractivity contribution in [3.8, 4) is 5.75 Å². The van der Waals surface area contributed by atoms with Crippen LogP contribution in [0.2, 0.25) is 0 Å². The molecule has 1 aromatic carbocycles. The zero-order valence-corrected chi connectivity index (χ0v) is 14.9. The molecule has 0 amide bonds. The molecule has 25 heavy (non-hydrogen) atoms. The number of hydrogen-bond acceptors (Lipinski definition) is 4. The standard InChI is InChI=1S/C17H23BF3NO3/c1-15(2)16(3,4)25-18(24-15)13-8-7-12(23-17(19,20)21)11-14(13)22-9-5-6-10-22/h7-8,11H,5-6,9-10H2,1-4H3. The Morgan fingerprint density at radius 3 is 2.12 bits per heavy atom. The second kappa shape index (κ2) is 6.09. The zero-order valence-electron chi connectivity index (χ0n) is 14.9. The van der Waals surface area contributed by atoms with E-state index in [0.717, 1.165) is 31.4 Å². The normalized spacial score (nSPS) is 22.5. The lowest BCUT2D eigenvalue weighted by Crippen LogP contribution is -2.41. The Labute approximate surface area is 146 Å². The summed E-state index contributed by atoms with van der Waals surface area (Å²) in [5.74, 6) is -0.227. The van der Waals surface area contributed by atoms with E-state index in [4.69, 9.17) is 9.31 Å². The van der Waals surface area contributed by atoms with Crippen LogP contribution in [-0.2, 0) is 9.31 Å². The smallest absolute Gasteiger partial charge is 0.406 e. The van der Waals surface area contributed by atoms with Crippen LogP contribution in [0, 0.1) is 0 Å². The number of anilines is 1. The van der Waals surface area contributed by atoms with Crippen molar-refractivity contribution in [2.45, 2.75) is 58.1 Å². The first-order valence-corrected chi connectivity index (χ1v) is 8.49. The molecule has 0 aromatic heterocycles. The summed E-state index contributed by atoms with van der Waals surface area (Å²) in [6.07, 6.45) is -2.70. The van der Waals surface area contributed by atoms with Crippen LogP contribution in [0.1, 0.15) is 40.5 Å². The molecular weight excluding hydrogens is 334 g/mol. The predicted molar refractivity (Wildman–Crippen MR) is 90.3 cm³/mol. The fraction of sp³-hybridized carbons (Fsp3) is 0.647. The van der Waals surface area contributed by atoms with Crippen molar-refractivity contribution in [2.75, 3.05) is 18.0 Å². The van der Waals surface area contributed by atoms with E-state index in [1.54, 1.807) is 6.07 Å². The van der Waals surface area contributed by atoms with Gasteiger partial charge < -0.3 is 18.9 Å². The fourth-order valence-electron chi connectivity index (χ4n) is 3.12. The molecule has 0 atom stereocenters. The first-order chi connectivity index (χ1) is 11.5. The molecule has 1 aromatic rings. The summed E-state index contributed by atoms with van der Waals surface area (Å²) in [4.78, 5) is 2.06. The van der Waals surface area contributed by atoms with Gasteiger partial charge in [0.1, 0.15) is 5.75 Å². The van der Waals surface area contributed by atoms with Crippen LogP contribution in [0.25, 0.3) is 0 Å². The number of alkyl halides is 3. The Kier molecular flexibility index (Phi) is 4.48. The van der Waals surface area contributed by atoms with Crippen molar-refractivity contribution in [1.29, 1.82) is 0 Å². The van der Waals surface area contributed by atoms with E-state index in [-0.39, 0.29) is 5.75 Å². The van der Waals surface area contributed by atoms with Crippen molar-refractivity contribution in [3.05, 3.63) is 18.2 Å². The van der Waals surface area contributed by atoms with Gasteiger partial charge in [0.15, 0.2) is 0 Å². The molecule has 0 aliphatic carbocycles. The molecular formula is C17H23BF3NO3. The van der Waals surface area contributed by atoms with Gasteiger partial charge in [0.25, 0.3) is 0 Å². The van der Waals surface area contributed by atoms with Crippen LogP contribution in [0.4, 0.5) is 18.9 Å². The lowest BCUT2D eigenvalue weighted by atomic mass is 9.77. The van der Waals surface area contributed by atoms with Gasteiger partial charge in [0, 0.05) is 30.3 Å².